The van der Waals surface area contributed by atoms with Crippen LogP contribution >= 0.6 is 0 Å². The van der Waals surface area contributed by atoms with E-state index in [4.69, 9.17) is 0 Å². The van der Waals surface area contributed by atoms with Gasteiger partial charge in [0.15, 0.2) is 0 Å². The predicted octanol–water partition coefficient (Wildman–Crippen LogP) is -0.607. The molecule has 0 aromatic carbocycles. The van der Waals surface area contributed by atoms with E-state index in [1.807, 2.05) is 7.05 Å². The summed E-state index contributed by atoms with van der Waals surface area (Å²) < 4.78 is 0. The number of aliphatic imine (C=N–C) groups is 1. The molecule has 0 aromatic rings. The minimum Gasteiger partial charge on any atom is -0.342 e. The van der Waals surface area contributed by atoms with Crippen molar-refractivity contribution in [3.63, 3.8) is 0 Å². The minimum atomic E-state index is 0.966. The highest BCUT2D eigenvalue weighted by Crippen LogP contribution is 2.11. The summed E-state index contributed by atoms with van der Waals surface area (Å²) >= 11 is 0. The molecule has 0 saturated carbocycles. The highest BCUT2D eigenvalue weighted by molar-refractivity contribution is 5.80. The summed E-state index contributed by atoms with van der Waals surface area (Å²) in [5, 5.41) is 2.09. The molecule has 0 amide bonds. The predicted molar refractivity (Wildman–Crippen MR) is 52.0 cm³/mol. The Kier molecular flexibility index (Phi) is 2.65. The van der Waals surface area contributed by atoms with Crippen molar-refractivity contribution in [1.82, 2.24) is 20.9 Å². The molecule has 5 heteroatoms. The Balaban J connectivity index is 2.05. The van der Waals surface area contributed by atoms with E-state index in [2.05, 4.69) is 25.9 Å². The van der Waals surface area contributed by atoms with Gasteiger partial charge in [0.1, 0.15) is 0 Å². The molecule has 0 unspecified atom stereocenters. The lowest BCUT2D eigenvalue weighted by molar-refractivity contribution is 0.176. The largest absolute Gasteiger partial charge is 0.342 e. The molecule has 1 saturated heterocycles. The molecule has 2 aliphatic heterocycles. The Morgan fingerprint density at radius 1 is 1.23 bits per heavy atom. The quantitative estimate of drug-likeness (QED) is 0.561. The van der Waals surface area contributed by atoms with E-state index in [1.165, 1.54) is 12.8 Å². The monoisotopic (exact) mass is 183 g/mol. The molecule has 1 fully saturated rings. The van der Waals surface area contributed by atoms with Crippen LogP contribution in [0.5, 0.6) is 0 Å². The van der Waals surface area contributed by atoms with Gasteiger partial charge in [-0.25, -0.2) is 5.43 Å². The maximum absolute atomic E-state index is 4.52. The lowest BCUT2D eigenvalue weighted by Crippen LogP contribution is -2.59. The average Bonchev–Trinajstić information content (AvgIpc) is 2.19. The second-order valence-electron chi connectivity index (χ2n) is 3.39. The van der Waals surface area contributed by atoms with Crippen molar-refractivity contribution in [2.75, 3.05) is 33.2 Å². The molecule has 0 atom stereocenters. The van der Waals surface area contributed by atoms with Crippen LogP contribution in [-0.2, 0) is 0 Å². The first-order chi connectivity index (χ1) is 6.42. The number of rotatable bonds is 2. The van der Waals surface area contributed by atoms with Gasteiger partial charge in [0.05, 0.1) is 0 Å². The van der Waals surface area contributed by atoms with Gasteiger partial charge in [0.25, 0.3) is 0 Å². The number of guanidine groups is 1. The molecule has 13 heavy (non-hydrogen) atoms. The van der Waals surface area contributed by atoms with E-state index in [0.717, 1.165) is 32.1 Å². The molecule has 74 valence electrons. The third-order valence-electron chi connectivity index (χ3n) is 2.42. The van der Waals surface area contributed by atoms with Crippen molar-refractivity contribution in [2.24, 2.45) is 4.99 Å². The molecule has 2 aliphatic rings. The van der Waals surface area contributed by atoms with Crippen molar-refractivity contribution < 1.29 is 0 Å². The van der Waals surface area contributed by atoms with Crippen LogP contribution in [0.2, 0.25) is 0 Å². The van der Waals surface area contributed by atoms with Crippen molar-refractivity contribution in [3.8, 4) is 0 Å². The van der Waals surface area contributed by atoms with E-state index >= 15 is 0 Å². The number of hydrazine groups is 2. The Morgan fingerprint density at radius 3 is 2.92 bits per heavy atom. The normalized spacial score (nSPS) is 22.7. The summed E-state index contributed by atoms with van der Waals surface area (Å²) in [5.74, 6) is 1.10. The molecule has 2 N–H and O–H groups in total. The summed E-state index contributed by atoms with van der Waals surface area (Å²) in [6.07, 6.45) is 2.39. The van der Waals surface area contributed by atoms with Crippen molar-refractivity contribution in [2.45, 2.75) is 12.8 Å². The van der Waals surface area contributed by atoms with Crippen LogP contribution in [0.25, 0.3) is 0 Å². The van der Waals surface area contributed by atoms with Gasteiger partial charge in [-0.05, 0) is 12.8 Å². The van der Waals surface area contributed by atoms with Gasteiger partial charge in [-0.2, -0.15) is 5.53 Å². The fourth-order valence-corrected chi connectivity index (χ4v) is 1.87. The lowest BCUT2D eigenvalue weighted by Gasteiger charge is -2.40. The lowest BCUT2D eigenvalue weighted by atomic mass is 10.2. The molecule has 5 nitrogen and oxygen atoms in total. The summed E-state index contributed by atoms with van der Waals surface area (Å²) in [6, 6.07) is 0. The second-order valence-corrected chi connectivity index (χ2v) is 3.39. The third kappa shape index (κ3) is 1.76. The molecular weight excluding hydrogens is 166 g/mol. The molecule has 0 bridgehead atoms. The fraction of sp³-hybridized carbons (Fsp3) is 0.875. The Labute approximate surface area is 78.7 Å². The average molecular weight is 183 g/mol. The molecule has 0 spiro atoms. The summed E-state index contributed by atoms with van der Waals surface area (Å²) in [7, 11) is 1.88. The summed E-state index contributed by atoms with van der Waals surface area (Å²) in [4.78, 5) is 6.86. The van der Waals surface area contributed by atoms with Gasteiger partial charge in [0, 0.05) is 33.2 Å². The Morgan fingerprint density at radius 2 is 2.08 bits per heavy atom. The zero-order chi connectivity index (χ0) is 9.10. The number of hydrogen-bond donors (Lipinski definition) is 2. The van der Waals surface area contributed by atoms with Crippen LogP contribution in [0.1, 0.15) is 12.8 Å². The van der Waals surface area contributed by atoms with E-state index in [9.17, 15) is 0 Å². The maximum Gasteiger partial charge on any atom is 0.212 e. The highest BCUT2D eigenvalue weighted by Gasteiger charge is 2.24. The van der Waals surface area contributed by atoms with Crippen molar-refractivity contribution >= 4 is 5.96 Å². The maximum atomic E-state index is 4.52. The molecule has 2 rings (SSSR count). The van der Waals surface area contributed by atoms with Crippen LogP contribution in [0.15, 0.2) is 4.99 Å². The van der Waals surface area contributed by atoms with E-state index in [-0.39, 0.29) is 0 Å². The zero-order valence-electron chi connectivity index (χ0n) is 8.08. The van der Waals surface area contributed by atoms with E-state index in [1.54, 1.807) is 0 Å². The Hall–Kier alpha value is -0.810. The standard InChI is InChI=1S/C8H17N5/c1-9-11-13-7-3-6-12-5-2-4-10-8(12)13/h9,11H,2-7H2,1H3. The first kappa shape index (κ1) is 8.77. The van der Waals surface area contributed by atoms with E-state index in [0.29, 0.717) is 0 Å². The van der Waals surface area contributed by atoms with Crippen molar-refractivity contribution in [3.05, 3.63) is 0 Å². The van der Waals surface area contributed by atoms with Gasteiger partial charge in [-0.3, -0.25) is 10.0 Å². The fourth-order valence-electron chi connectivity index (χ4n) is 1.87. The van der Waals surface area contributed by atoms with Gasteiger partial charge in [-0.15, -0.1) is 0 Å². The number of nitrogens with one attached hydrogen (secondary N) is 2. The van der Waals surface area contributed by atoms with Gasteiger partial charge < -0.3 is 4.90 Å². The first-order valence-corrected chi connectivity index (χ1v) is 4.91. The highest BCUT2D eigenvalue weighted by atomic mass is 15.7. The molecule has 0 radical (unpaired) electrons. The van der Waals surface area contributed by atoms with Gasteiger partial charge in [-0.1, -0.05) is 0 Å². The first-order valence-electron chi connectivity index (χ1n) is 4.91. The second kappa shape index (κ2) is 3.93. The van der Waals surface area contributed by atoms with Crippen LogP contribution in [0, 0.1) is 0 Å². The SMILES string of the molecule is CNNN1CCCN2CCCN=C21. The topological polar surface area (TPSA) is 42.9 Å². The molecule has 2 heterocycles. The zero-order valence-corrected chi connectivity index (χ0v) is 8.08. The summed E-state index contributed by atoms with van der Waals surface area (Å²) in [6.45, 7) is 4.31. The van der Waals surface area contributed by atoms with Crippen LogP contribution in [0.3, 0.4) is 0 Å². The number of hydrogen-bond acceptors (Lipinski definition) is 5. The van der Waals surface area contributed by atoms with Crippen LogP contribution < -0.4 is 11.0 Å². The van der Waals surface area contributed by atoms with E-state index < -0.39 is 0 Å². The molecular formula is C8H17N5. The summed E-state index contributed by atoms with van der Waals surface area (Å²) in [5.41, 5.74) is 6.03. The Bertz CT molecular complexity index is 201. The van der Waals surface area contributed by atoms with Gasteiger partial charge >= 0.3 is 0 Å². The number of nitrogens with zero attached hydrogens (tertiary/aromatic N) is 3. The van der Waals surface area contributed by atoms with Crippen molar-refractivity contribution in [1.29, 1.82) is 0 Å². The molecule has 0 aliphatic carbocycles. The smallest absolute Gasteiger partial charge is 0.212 e. The third-order valence-corrected chi connectivity index (χ3v) is 2.42. The molecule has 0 aromatic heterocycles. The minimum absolute atomic E-state index is 0.966. The van der Waals surface area contributed by atoms with Crippen LogP contribution in [-0.4, -0.2) is 49.1 Å². The van der Waals surface area contributed by atoms with Gasteiger partial charge in [0.2, 0.25) is 5.96 Å². The number of fused-ring (bicyclic) bond motifs is 1. The van der Waals surface area contributed by atoms with Crippen LogP contribution in [0.4, 0.5) is 0 Å².